The van der Waals surface area contributed by atoms with E-state index in [-0.39, 0.29) is 12.0 Å². The Morgan fingerprint density at radius 2 is 2.00 bits per heavy atom. The fourth-order valence-corrected chi connectivity index (χ4v) is 4.38. The van der Waals surface area contributed by atoms with Crippen molar-refractivity contribution in [3.05, 3.63) is 39.9 Å². The summed E-state index contributed by atoms with van der Waals surface area (Å²) in [5.74, 6) is -0.330. The smallest absolute Gasteiger partial charge is 0.257 e. The number of amides is 2. The van der Waals surface area contributed by atoms with Crippen LogP contribution in [0.25, 0.3) is 0 Å². The molecule has 0 spiro atoms. The Morgan fingerprint density at radius 1 is 1.23 bits per heavy atom. The predicted molar refractivity (Wildman–Crippen MR) is 102 cm³/mol. The van der Waals surface area contributed by atoms with Crippen LogP contribution in [0.4, 0.5) is 5.00 Å². The highest BCUT2D eigenvalue weighted by atomic mass is 32.1. The van der Waals surface area contributed by atoms with Crippen molar-refractivity contribution in [2.24, 2.45) is 5.73 Å². The molecule has 2 aromatic heterocycles. The van der Waals surface area contributed by atoms with Gasteiger partial charge in [-0.15, -0.1) is 11.3 Å². The summed E-state index contributed by atoms with van der Waals surface area (Å²) >= 11 is 1.46. The number of aromatic nitrogens is 1. The molecule has 0 fully saturated rings. The summed E-state index contributed by atoms with van der Waals surface area (Å²) in [5.41, 5.74) is 7.48. The molecule has 0 aliphatic heterocycles. The molecule has 0 unspecified atom stereocenters. The number of nitrogens with zero attached hydrogens (tertiary/aromatic N) is 1. The highest BCUT2D eigenvalue weighted by molar-refractivity contribution is 7.17. The maximum Gasteiger partial charge on any atom is 0.257 e. The zero-order valence-corrected chi connectivity index (χ0v) is 15.8. The first-order valence-corrected chi connectivity index (χ1v) is 9.65. The van der Waals surface area contributed by atoms with E-state index in [2.05, 4.69) is 10.3 Å². The number of aryl methyl sites for hydroxylation is 1. The number of hydrogen-bond donors (Lipinski definition) is 2. The number of rotatable bonds is 5. The third-order valence-electron chi connectivity index (χ3n) is 4.25. The van der Waals surface area contributed by atoms with Crippen LogP contribution in [-0.2, 0) is 12.8 Å². The molecule has 7 heteroatoms. The van der Waals surface area contributed by atoms with Crippen molar-refractivity contribution < 1.29 is 14.3 Å². The molecule has 138 valence electrons. The average Bonchev–Trinajstić information content (AvgIpc) is 2.76. The van der Waals surface area contributed by atoms with Crippen LogP contribution >= 0.6 is 11.3 Å². The molecule has 6 nitrogen and oxygen atoms in total. The maximum absolute atomic E-state index is 12.6. The van der Waals surface area contributed by atoms with Crippen molar-refractivity contribution in [3.63, 3.8) is 0 Å². The van der Waals surface area contributed by atoms with E-state index in [1.54, 1.807) is 12.1 Å². The third kappa shape index (κ3) is 4.04. The largest absolute Gasteiger partial charge is 0.475 e. The summed E-state index contributed by atoms with van der Waals surface area (Å²) in [6, 6.07) is 3.32. The number of ether oxygens (including phenoxy) is 1. The number of carbonyl (C=O) groups is 2. The first-order chi connectivity index (χ1) is 12.5. The molecule has 2 amide bonds. The van der Waals surface area contributed by atoms with E-state index in [1.165, 1.54) is 17.5 Å². The van der Waals surface area contributed by atoms with Gasteiger partial charge in [0.15, 0.2) is 0 Å². The highest BCUT2D eigenvalue weighted by Crippen LogP contribution is 2.37. The summed E-state index contributed by atoms with van der Waals surface area (Å²) in [7, 11) is 0. The van der Waals surface area contributed by atoms with Crippen LogP contribution in [0.5, 0.6) is 5.88 Å². The van der Waals surface area contributed by atoms with E-state index in [0.717, 1.165) is 42.5 Å². The lowest BCUT2D eigenvalue weighted by molar-refractivity contribution is 0.100. The summed E-state index contributed by atoms with van der Waals surface area (Å²) < 4.78 is 5.48. The SMILES string of the molecule is CC(C)Oc1ccc(C(=O)Nc2sc3c(c2C(N)=O)CCCCC3)cn1. The second-order valence-corrected chi connectivity index (χ2v) is 7.74. The number of nitrogens with one attached hydrogen (secondary N) is 1. The third-order valence-corrected chi connectivity index (χ3v) is 5.46. The second-order valence-electron chi connectivity index (χ2n) is 6.64. The quantitative estimate of drug-likeness (QED) is 0.784. The minimum Gasteiger partial charge on any atom is -0.475 e. The first kappa shape index (κ1) is 18.4. The number of pyridine rings is 1. The predicted octanol–water partition coefficient (Wildman–Crippen LogP) is 3.55. The molecule has 3 rings (SSSR count). The van der Waals surface area contributed by atoms with Crippen LogP contribution < -0.4 is 15.8 Å². The first-order valence-electron chi connectivity index (χ1n) is 8.84. The molecule has 0 atom stereocenters. The van der Waals surface area contributed by atoms with Gasteiger partial charge in [0, 0.05) is 17.1 Å². The normalized spacial score (nSPS) is 13.8. The fourth-order valence-electron chi connectivity index (χ4n) is 3.09. The zero-order chi connectivity index (χ0) is 18.7. The molecule has 0 saturated carbocycles. The van der Waals surface area contributed by atoms with E-state index >= 15 is 0 Å². The Bertz CT molecular complexity index is 812. The van der Waals surface area contributed by atoms with Crippen molar-refractivity contribution in [2.75, 3.05) is 5.32 Å². The van der Waals surface area contributed by atoms with Gasteiger partial charge in [-0.3, -0.25) is 9.59 Å². The summed E-state index contributed by atoms with van der Waals surface area (Å²) in [5, 5.41) is 3.38. The molecule has 2 aromatic rings. The second kappa shape index (κ2) is 7.86. The summed E-state index contributed by atoms with van der Waals surface area (Å²) in [4.78, 5) is 29.8. The van der Waals surface area contributed by atoms with E-state index in [4.69, 9.17) is 10.5 Å². The molecule has 3 N–H and O–H groups in total. The van der Waals surface area contributed by atoms with Crippen LogP contribution in [0, 0.1) is 0 Å². The molecular formula is C19H23N3O3S. The Labute approximate surface area is 156 Å². The Morgan fingerprint density at radius 3 is 2.65 bits per heavy atom. The van der Waals surface area contributed by atoms with Crippen molar-refractivity contribution >= 4 is 28.2 Å². The van der Waals surface area contributed by atoms with Crippen LogP contribution in [0.1, 0.15) is 64.3 Å². The molecule has 0 aromatic carbocycles. The standard InChI is InChI=1S/C19H23N3O3S/c1-11(2)25-15-9-8-12(10-21-15)18(24)22-19-16(17(20)23)13-6-4-3-5-7-14(13)26-19/h8-11H,3-7H2,1-2H3,(H2,20,23)(H,22,24). The van der Waals surface area contributed by atoms with Gasteiger partial charge in [0.1, 0.15) is 5.00 Å². The zero-order valence-electron chi connectivity index (χ0n) is 15.0. The maximum atomic E-state index is 12.6. The van der Waals surface area contributed by atoms with Gasteiger partial charge in [-0.05, 0) is 51.2 Å². The van der Waals surface area contributed by atoms with E-state index in [9.17, 15) is 9.59 Å². The molecule has 2 heterocycles. The Hall–Kier alpha value is -2.41. The highest BCUT2D eigenvalue weighted by Gasteiger charge is 2.24. The monoisotopic (exact) mass is 373 g/mol. The molecule has 1 aliphatic rings. The topological polar surface area (TPSA) is 94.3 Å². The number of nitrogens with two attached hydrogens (primary N) is 1. The number of fused-ring (bicyclic) bond motifs is 1. The summed E-state index contributed by atoms with van der Waals surface area (Å²) in [6.45, 7) is 3.82. The fraction of sp³-hybridized carbons (Fsp3) is 0.421. The average molecular weight is 373 g/mol. The molecule has 0 radical (unpaired) electrons. The number of anilines is 1. The Balaban J connectivity index is 1.82. The minimum absolute atomic E-state index is 0.0156. The Kier molecular flexibility index (Phi) is 5.56. The number of carbonyl (C=O) groups excluding carboxylic acids is 2. The lowest BCUT2D eigenvalue weighted by atomic mass is 10.1. The van der Waals surface area contributed by atoms with Crippen molar-refractivity contribution in [1.82, 2.24) is 4.98 Å². The van der Waals surface area contributed by atoms with Crippen molar-refractivity contribution in [1.29, 1.82) is 0 Å². The van der Waals surface area contributed by atoms with Crippen molar-refractivity contribution in [3.8, 4) is 5.88 Å². The van der Waals surface area contributed by atoms with Crippen LogP contribution in [0.15, 0.2) is 18.3 Å². The number of hydrogen-bond acceptors (Lipinski definition) is 5. The summed E-state index contributed by atoms with van der Waals surface area (Å²) in [6.07, 6.45) is 6.54. The number of thiophene rings is 1. The molecule has 1 aliphatic carbocycles. The van der Waals surface area contributed by atoms with Crippen LogP contribution in [-0.4, -0.2) is 22.9 Å². The molecule has 0 bridgehead atoms. The molecule has 26 heavy (non-hydrogen) atoms. The van der Waals surface area contributed by atoms with Gasteiger partial charge in [0.25, 0.3) is 11.8 Å². The van der Waals surface area contributed by atoms with Gasteiger partial charge >= 0.3 is 0 Å². The van der Waals surface area contributed by atoms with Gasteiger partial charge in [0.05, 0.1) is 17.2 Å². The van der Waals surface area contributed by atoms with E-state index < -0.39 is 5.91 Å². The number of primary amides is 1. The van der Waals surface area contributed by atoms with Crippen molar-refractivity contribution in [2.45, 2.75) is 52.1 Å². The van der Waals surface area contributed by atoms with E-state index in [0.29, 0.717) is 22.0 Å². The van der Waals surface area contributed by atoms with Gasteiger partial charge in [-0.2, -0.15) is 0 Å². The van der Waals surface area contributed by atoms with Crippen LogP contribution in [0.2, 0.25) is 0 Å². The van der Waals surface area contributed by atoms with E-state index in [1.807, 2.05) is 13.8 Å². The van der Waals surface area contributed by atoms with Crippen LogP contribution in [0.3, 0.4) is 0 Å². The molecule has 0 saturated heterocycles. The minimum atomic E-state index is -0.487. The lowest BCUT2D eigenvalue weighted by Gasteiger charge is -2.09. The van der Waals surface area contributed by atoms with Gasteiger partial charge in [-0.25, -0.2) is 4.98 Å². The van der Waals surface area contributed by atoms with Gasteiger partial charge in [-0.1, -0.05) is 6.42 Å². The van der Waals surface area contributed by atoms with Gasteiger partial charge in [0.2, 0.25) is 5.88 Å². The van der Waals surface area contributed by atoms with Gasteiger partial charge < -0.3 is 15.8 Å². The lowest BCUT2D eigenvalue weighted by Crippen LogP contribution is -2.18. The molecular weight excluding hydrogens is 350 g/mol.